The fraction of sp³-hybridized carbons (Fsp3) is 0. The Morgan fingerprint density at radius 1 is 1.23 bits per heavy atom. The molecular weight excluding hydrogens is 431 g/mol. The van der Waals surface area contributed by atoms with Crippen molar-refractivity contribution in [1.29, 1.82) is 0 Å². The Bertz CT molecular complexity index is 1270. The van der Waals surface area contributed by atoms with E-state index in [9.17, 15) is 19.3 Å². The molecule has 2 aromatic heterocycles. The van der Waals surface area contributed by atoms with Crippen molar-refractivity contribution in [3.8, 4) is 0 Å². The highest BCUT2D eigenvalue weighted by Gasteiger charge is 2.12. The van der Waals surface area contributed by atoms with Gasteiger partial charge in [0, 0.05) is 17.7 Å². The first-order valence-corrected chi connectivity index (χ1v) is 10.0. The zero-order valence-electron chi connectivity index (χ0n) is 14.9. The molecule has 0 bridgehead atoms. The van der Waals surface area contributed by atoms with Crippen LogP contribution in [0.1, 0.15) is 16.1 Å². The number of fused-ring (bicyclic) bond motifs is 1. The molecule has 0 unspecified atom stereocenters. The molecule has 0 aliphatic heterocycles. The van der Waals surface area contributed by atoms with E-state index in [1.807, 2.05) is 0 Å². The van der Waals surface area contributed by atoms with Gasteiger partial charge in [0.25, 0.3) is 11.6 Å². The summed E-state index contributed by atoms with van der Waals surface area (Å²) in [5, 5.41) is 15.3. The predicted molar refractivity (Wildman–Crippen MR) is 111 cm³/mol. The maximum Gasteiger partial charge on any atom is 0.271 e. The van der Waals surface area contributed by atoms with Crippen LogP contribution < -0.4 is 5.43 Å². The van der Waals surface area contributed by atoms with Gasteiger partial charge in [-0.3, -0.25) is 14.9 Å². The van der Waals surface area contributed by atoms with Crippen LogP contribution in [0.15, 0.2) is 73.5 Å². The molecule has 0 aliphatic carbocycles. The van der Waals surface area contributed by atoms with Crippen LogP contribution in [0.4, 0.5) is 10.1 Å². The first-order chi connectivity index (χ1) is 14.5. The number of carbonyl (C=O) groups is 1. The van der Waals surface area contributed by atoms with Crippen molar-refractivity contribution in [2.24, 2.45) is 5.10 Å². The number of carbonyl (C=O) groups excluding carboxylic acids is 1. The summed E-state index contributed by atoms with van der Waals surface area (Å²) < 4.78 is 19.9. The van der Waals surface area contributed by atoms with Crippen molar-refractivity contribution in [3.05, 3.63) is 81.9 Å². The lowest BCUT2D eigenvalue weighted by molar-refractivity contribution is -0.384. The van der Waals surface area contributed by atoms with Gasteiger partial charge in [-0.15, -0.1) is 11.3 Å². The van der Waals surface area contributed by atoms with E-state index < -0.39 is 16.6 Å². The Balaban J connectivity index is 1.39. The third-order valence-electron chi connectivity index (χ3n) is 3.82. The van der Waals surface area contributed by atoms with Crippen LogP contribution in [-0.4, -0.2) is 22.0 Å². The van der Waals surface area contributed by atoms with E-state index in [2.05, 4.69) is 15.5 Å². The second-order valence-corrected chi connectivity index (χ2v) is 8.14. The zero-order chi connectivity index (χ0) is 21.1. The van der Waals surface area contributed by atoms with Crippen molar-refractivity contribution >= 4 is 51.1 Å². The number of nitrogens with one attached hydrogen (secondary N) is 1. The van der Waals surface area contributed by atoms with E-state index in [4.69, 9.17) is 4.42 Å². The Kier molecular flexibility index (Phi) is 5.55. The molecule has 1 amide bonds. The molecular formula is C19H11FN4O4S2. The molecule has 2 aromatic carbocycles. The minimum Gasteiger partial charge on any atom is -0.448 e. The number of aromatic nitrogens is 1. The summed E-state index contributed by atoms with van der Waals surface area (Å²) in [6.07, 6.45) is 1.34. The molecule has 1 N–H and O–H groups in total. The fourth-order valence-corrected chi connectivity index (χ4v) is 4.42. The van der Waals surface area contributed by atoms with Crippen molar-refractivity contribution < 1.29 is 18.5 Å². The van der Waals surface area contributed by atoms with Crippen LogP contribution in [0.2, 0.25) is 0 Å². The van der Waals surface area contributed by atoms with Crippen molar-refractivity contribution in [2.75, 3.05) is 0 Å². The van der Waals surface area contributed by atoms with Crippen molar-refractivity contribution in [3.63, 3.8) is 0 Å². The highest BCUT2D eigenvalue weighted by Crippen LogP contribution is 2.36. The van der Waals surface area contributed by atoms with E-state index >= 15 is 0 Å². The number of hydrogen-bond acceptors (Lipinski definition) is 8. The van der Waals surface area contributed by atoms with Gasteiger partial charge in [-0.25, -0.2) is 14.8 Å². The molecule has 8 nitrogen and oxygen atoms in total. The molecule has 0 aliphatic rings. The van der Waals surface area contributed by atoms with E-state index in [-0.39, 0.29) is 11.3 Å². The lowest BCUT2D eigenvalue weighted by Gasteiger charge is -1.98. The maximum atomic E-state index is 12.9. The lowest BCUT2D eigenvalue weighted by Crippen LogP contribution is -2.17. The topological polar surface area (TPSA) is 111 Å². The van der Waals surface area contributed by atoms with Gasteiger partial charge < -0.3 is 4.42 Å². The number of nitro benzene ring substituents is 1. The number of non-ortho nitro benzene ring substituents is 1. The smallest absolute Gasteiger partial charge is 0.271 e. The van der Waals surface area contributed by atoms with Crippen LogP contribution in [0.5, 0.6) is 0 Å². The minimum absolute atomic E-state index is 0.0156. The fourth-order valence-electron chi connectivity index (χ4n) is 2.41. The summed E-state index contributed by atoms with van der Waals surface area (Å²) in [6, 6.07) is 13.0. The van der Waals surface area contributed by atoms with E-state index in [0.29, 0.717) is 25.4 Å². The van der Waals surface area contributed by atoms with Gasteiger partial charge in [-0.05, 0) is 54.2 Å². The highest BCUT2D eigenvalue weighted by molar-refractivity contribution is 8.01. The molecule has 0 saturated heterocycles. The van der Waals surface area contributed by atoms with Gasteiger partial charge in [0.1, 0.15) is 11.6 Å². The Hall–Kier alpha value is -3.57. The monoisotopic (exact) mass is 442 g/mol. The molecule has 4 aromatic rings. The third-order valence-corrected chi connectivity index (χ3v) is 5.82. The number of amides is 1. The molecule has 0 spiro atoms. The summed E-state index contributed by atoms with van der Waals surface area (Å²) in [5.41, 5.74) is 3.30. The van der Waals surface area contributed by atoms with E-state index in [1.54, 1.807) is 18.2 Å². The van der Waals surface area contributed by atoms with Crippen LogP contribution in [0.3, 0.4) is 0 Å². The number of rotatable bonds is 6. The SMILES string of the molecule is O=C(N/N=C/c1ccc(Sc2nc3ccc([N+](=O)[O-])cc3s2)o1)c1ccc(F)cc1. The van der Waals surface area contributed by atoms with Crippen LogP contribution in [0.25, 0.3) is 10.2 Å². The van der Waals surface area contributed by atoms with Crippen LogP contribution in [-0.2, 0) is 0 Å². The number of nitrogens with zero attached hydrogens (tertiary/aromatic N) is 3. The number of furan rings is 1. The Morgan fingerprint density at radius 3 is 2.80 bits per heavy atom. The summed E-state index contributed by atoms with van der Waals surface area (Å²) in [5.74, 6) is -0.494. The normalized spacial score (nSPS) is 11.2. The molecule has 2 heterocycles. The van der Waals surface area contributed by atoms with E-state index in [0.717, 1.165) is 0 Å². The molecule has 11 heteroatoms. The highest BCUT2D eigenvalue weighted by atomic mass is 32.2. The van der Waals surface area contributed by atoms with Crippen molar-refractivity contribution in [2.45, 2.75) is 9.43 Å². The van der Waals surface area contributed by atoms with Gasteiger partial charge in [-0.1, -0.05) is 0 Å². The van der Waals surface area contributed by atoms with Gasteiger partial charge >= 0.3 is 0 Å². The summed E-state index contributed by atoms with van der Waals surface area (Å²) in [7, 11) is 0. The van der Waals surface area contributed by atoms with Gasteiger partial charge in [0.2, 0.25) is 0 Å². The lowest BCUT2D eigenvalue weighted by atomic mass is 10.2. The molecule has 0 radical (unpaired) electrons. The summed E-state index contributed by atoms with van der Waals surface area (Å²) >= 11 is 2.60. The largest absolute Gasteiger partial charge is 0.448 e. The standard InChI is InChI=1S/C19H11FN4O4S2/c20-12-3-1-11(2-4-12)18(25)23-21-10-14-6-8-17(28-14)30-19-22-15-7-5-13(24(26)27)9-16(15)29-19/h1-10H,(H,23,25)/b21-10+. The second kappa shape index (κ2) is 8.43. The Labute approximate surface area is 176 Å². The van der Waals surface area contributed by atoms with Crippen LogP contribution >= 0.6 is 23.1 Å². The number of hydrogen-bond donors (Lipinski definition) is 1. The van der Waals surface area contributed by atoms with Crippen LogP contribution in [0, 0.1) is 15.9 Å². The molecule has 0 saturated carbocycles. The molecule has 4 rings (SSSR count). The molecule has 150 valence electrons. The molecule has 0 fully saturated rings. The average molecular weight is 442 g/mol. The minimum atomic E-state index is -0.476. The second-order valence-electron chi connectivity index (χ2n) is 5.85. The summed E-state index contributed by atoms with van der Waals surface area (Å²) in [6.45, 7) is 0. The first-order valence-electron chi connectivity index (χ1n) is 8.39. The molecule has 0 atom stereocenters. The summed E-state index contributed by atoms with van der Waals surface area (Å²) in [4.78, 5) is 26.8. The van der Waals surface area contributed by atoms with Gasteiger partial charge in [0.05, 0.1) is 21.4 Å². The number of nitro groups is 1. The number of hydrazone groups is 1. The number of halogens is 1. The Morgan fingerprint density at radius 2 is 2.03 bits per heavy atom. The maximum absolute atomic E-state index is 12.9. The van der Waals surface area contributed by atoms with Gasteiger partial charge in [-0.2, -0.15) is 5.10 Å². The quantitative estimate of drug-likeness (QED) is 0.260. The average Bonchev–Trinajstić information content (AvgIpc) is 3.34. The van der Waals surface area contributed by atoms with Crippen molar-refractivity contribution in [1.82, 2.24) is 10.4 Å². The zero-order valence-corrected chi connectivity index (χ0v) is 16.6. The molecule has 30 heavy (non-hydrogen) atoms. The van der Waals surface area contributed by atoms with E-state index in [1.165, 1.54) is 65.7 Å². The number of benzene rings is 2. The first kappa shape index (κ1) is 19.7. The predicted octanol–water partition coefficient (Wildman–Crippen LogP) is 4.85. The number of thiazole rings is 1. The van der Waals surface area contributed by atoms with Gasteiger partial charge in [0.15, 0.2) is 9.43 Å². The third kappa shape index (κ3) is 4.53.